The fraction of sp³-hybridized carbons (Fsp3) is 0.583. The summed E-state index contributed by atoms with van der Waals surface area (Å²) in [4.78, 5) is 4.30. The number of aryl methyl sites for hydroxylation is 3. The minimum absolute atomic E-state index is 0.757. The molecule has 2 aromatic rings. The smallest absolute Gasteiger partial charge is 0.202 e. The fourth-order valence-corrected chi connectivity index (χ4v) is 1.83. The Morgan fingerprint density at radius 2 is 2.32 bits per heavy atom. The average molecular weight is 264 g/mol. The highest BCUT2D eigenvalue weighted by molar-refractivity contribution is 5.25. The number of hydrogen-bond donors (Lipinski definition) is 1. The third-order valence-electron chi connectivity index (χ3n) is 2.91. The van der Waals surface area contributed by atoms with Gasteiger partial charge in [-0.15, -0.1) is 10.2 Å². The number of anilines is 1. The van der Waals surface area contributed by atoms with E-state index in [4.69, 9.17) is 4.74 Å². The van der Waals surface area contributed by atoms with Gasteiger partial charge in [-0.05, 0) is 6.42 Å². The Balaban J connectivity index is 1.83. The summed E-state index contributed by atoms with van der Waals surface area (Å²) in [6, 6.07) is 0. The van der Waals surface area contributed by atoms with Gasteiger partial charge >= 0.3 is 0 Å². The van der Waals surface area contributed by atoms with Gasteiger partial charge in [0.15, 0.2) is 0 Å². The first-order valence-corrected chi connectivity index (χ1v) is 6.38. The summed E-state index contributed by atoms with van der Waals surface area (Å²) in [6.07, 6.45) is 7.28. The van der Waals surface area contributed by atoms with Gasteiger partial charge in [-0.2, -0.15) is 0 Å². The molecule has 0 saturated carbocycles. The molecule has 19 heavy (non-hydrogen) atoms. The Morgan fingerprint density at radius 3 is 3.05 bits per heavy atom. The molecule has 2 heterocycles. The van der Waals surface area contributed by atoms with Crippen molar-refractivity contribution < 1.29 is 4.74 Å². The van der Waals surface area contributed by atoms with Crippen molar-refractivity contribution >= 4 is 5.95 Å². The van der Waals surface area contributed by atoms with E-state index in [9.17, 15) is 0 Å². The summed E-state index contributed by atoms with van der Waals surface area (Å²) in [5.74, 6) is 1.86. The largest absolute Gasteiger partial charge is 0.385 e. The lowest BCUT2D eigenvalue weighted by atomic mass is 10.4. The number of rotatable bonds is 8. The standard InChI is InChI=1S/C12H20N6O/c1-17-10-15-16-11(17)4-7-18-8-6-14-12(18)13-5-3-9-19-2/h6,8,10H,3-5,7,9H2,1-2H3,(H,13,14). The summed E-state index contributed by atoms with van der Waals surface area (Å²) in [5.41, 5.74) is 0. The molecular formula is C12H20N6O. The highest BCUT2D eigenvalue weighted by Gasteiger charge is 2.05. The molecule has 0 aliphatic heterocycles. The normalized spacial score (nSPS) is 10.8. The summed E-state index contributed by atoms with van der Waals surface area (Å²) >= 11 is 0. The van der Waals surface area contributed by atoms with E-state index in [0.29, 0.717) is 0 Å². The molecular weight excluding hydrogens is 244 g/mol. The van der Waals surface area contributed by atoms with E-state index in [1.165, 1.54) is 0 Å². The van der Waals surface area contributed by atoms with E-state index in [-0.39, 0.29) is 0 Å². The van der Waals surface area contributed by atoms with Crippen LogP contribution in [0.4, 0.5) is 5.95 Å². The van der Waals surface area contributed by atoms with Crippen LogP contribution in [0, 0.1) is 0 Å². The Morgan fingerprint density at radius 1 is 1.42 bits per heavy atom. The third kappa shape index (κ3) is 3.78. The molecule has 7 nitrogen and oxygen atoms in total. The van der Waals surface area contributed by atoms with Crippen LogP contribution >= 0.6 is 0 Å². The van der Waals surface area contributed by atoms with Crippen molar-refractivity contribution in [2.24, 2.45) is 7.05 Å². The Bertz CT molecular complexity index is 492. The summed E-state index contributed by atoms with van der Waals surface area (Å²) in [5, 5.41) is 11.2. The van der Waals surface area contributed by atoms with Crippen LogP contribution < -0.4 is 5.32 Å². The summed E-state index contributed by atoms with van der Waals surface area (Å²) in [6.45, 7) is 2.45. The monoisotopic (exact) mass is 264 g/mol. The number of nitrogens with zero attached hydrogens (tertiary/aromatic N) is 5. The van der Waals surface area contributed by atoms with Gasteiger partial charge in [0.2, 0.25) is 5.95 Å². The number of methoxy groups -OCH3 is 1. The van der Waals surface area contributed by atoms with Crippen LogP contribution in [0.15, 0.2) is 18.7 Å². The van der Waals surface area contributed by atoms with Crippen LogP contribution in [0.25, 0.3) is 0 Å². The Labute approximate surface area is 112 Å². The molecule has 0 spiro atoms. The summed E-state index contributed by atoms with van der Waals surface area (Å²) in [7, 11) is 3.66. The number of nitrogens with one attached hydrogen (secondary N) is 1. The van der Waals surface area contributed by atoms with Crippen molar-refractivity contribution in [3.8, 4) is 0 Å². The van der Waals surface area contributed by atoms with Gasteiger partial charge in [0.25, 0.3) is 0 Å². The number of ether oxygens (including phenoxy) is 1. The van der Waals surface area contributed by atoms with Gasteiger partial charge in [0.05, 0.1) is 0 Å². The van der Waals surface area contributed by atoms with Crippen LogP contribution in [0.1, 0.15) is 12.2 Å². The zero-order chi connectivity index (χ0) is 13.5. The molecule has 0 amide bonds. The van der Waals surface area contributed by atoms with E-state index in [0.717, 1.165) is 44.3 Å². The molecule has 0 unspecified atom stereocenters. The molecule has 0 bridgehead atoms. The first-order valence-electron chi connectivity index (χ1n) is 6.38. The minimum atomic E-state index is 0.757. The van der Waals surface area contributed by atoms with Crippen molar-refractivity contribution in [3.63, 3.8) is 0 Å². The molecule has 1 N–H and O–H groups in total. The topological polar surface area (TPSA) is 69.8 Å². The Kier molecular flexibility index (Phi) is 4.91. The first kappa shape index (κ1) is 13.5. The molecule has 2 aromatic heterocycles. The molecule has 0 aliphatic rings. The highest BCUT2D eigenvalue weighted by atomic mass is 16.5. The van der Waals surface area contributed by atoms with Gasteiger partial charge in [0.1, 0.15) is 12.2 Å². The average Bonchev–Trinajstić information content (AvgIpc) is 3.01. The fourth-order valence-electron chi connectivity index (χ4n) is 1.83. The minimum Gasteiger partial charge on any atom is -0.385 e. The maximum Gasteiger partial charge on any atom is 0.202 e. The molecule has 0 aromatic carbocycles. The van der Waals surface area contributed by atoms with Crippen molar-refractivity contribution in [3.05, 3.63) is 24.5 Å². The lowest BCUT2D eigenvalue weighted by molar-refractivity contribution is 0.197. The van der Waals surface area contributed by atoms with Crippen LogP contribution in [0.2, 0.25) is 0 Å². The van der Waals surface area contributed by atoms with Crippen molar-refractivity contribution in [2.75, 3.05) is 25.6 Å². The van der Waals surface area contributed by atoms with E-state index < -0.39 is 0 Å². The third-order valence-corrected chi connectivity index (χ3v) is 2.91. The molecule has 104 valence electrons. The lowest BCUT2D eigenvalue weighted by Gasteiger charge is -2.09. The molecule has 0 saturated heterocycles. The van der Waals surface area contributed by atoms with E-state index >= 15 is 0 Å². The number of imidazole rings is 1. The molecule has 0 aliphatic carbocycles. The van der Waals surface area contributed by atoms with Crippen LogP contribution in [0.3, 0.4) is 0 Å². The highest BCUT2D eigenvalue weighted by Crippen LogP contribution is 2.06. The molecule has 0 atom stereocenters. The SMILES string of the molecule is COCCCNc1nccn1CCc1nncn1C. The second-order valence-corrected chi connectivity index (χ2v) is 4.33. The predicted octanol–water partition coefficient (Wildman–Crippen LogP) is 0.703. The number of hydrogen-bond acceptors (Lipinski definition) is 5. The van der Waals surface area contributed by atoms with Crippen molar-refractivity contribution in [1.82, 2.24) is 24.3 Å². The van der Waals surface area contributed by atoms with Gasteiger partial charge in [-0.3, -0.25) is 0 Å². The maximum absolute atomic E-state index is 5.02. The number of aromatic nitrogens is 5. The molecule has 2 rings (SSSR count). The summed E-state index contributed by atoms with van der Waals surface area (Å²) < 4.78 is 9.03. The molecule has 7 heteroatoms. The Hall–Kier alpha value is -1.89. The van der Waals surface area contributed by atoms with E-state index in [1.54, 1.807) is 19.6 Å². The lowest BCUT2D eigenvalue weighted by Crippen LogP contribution is -2.12. The zero-order valence-electron chi connectivity index (χ0n) is 11.4. The van der Waals surface area contributed by atoms with Crippen LogP contribution in [0.5, 0.6) is 0 Å². The second kappa shape index (κ2) is 6.89. The van der Waals surface area contributed by atoms with Crippen LogP contribution in [-0.4, -0.2) is 44.6 Å². The van der Waals surface area contributed by atoms with Gasteiger partial charge < -0.3 is 19.2 Å². The predicted molar refractivity (Wildman–Crippen MR) is 71.9 cm³/mol. The maximum atomic E-state index is 5.02. The van der Waals surface area contributed by atoms with Gasteiger partial charge in [-0.25, -0.2) is 4.98 Å². The van der Waals surface area contributed by atoms with E-state index in [2.05, 4.69) is 25.1 Å². The zero-order valence-corrected chi connectivity index (χ0v) is 11.4. The van der Waals surface area contributed by atoms with Gasteiger partial charge in [-0.1, -0.05) is 0 Å². The second-order valence-electron chi connectivity index (χ2n) is 4.33. The van der Waals surface area contributed by atoms with Crippen molar-refractivity contribution in [1.29, 1.82) is 0 Å². The molecule has 0 fully saturated rings. The molecule has 0 radical (unpaired) electrons. The van der Waals surface area contributed by atoms with Crippen molar-refractivity contribution in [2.45, 2.75) is 19.4 Å². The van der Waals surface area contributed by atoms with Gasteiger partial charge in [0, 0.05) is 52.7 Å². The first-order chi connectivity index (χ1) is 9.31. The quantitative estimate of drug-likeness (QED) is 0.711. The van der Waals surface area contributed by atoms with Crippen LogP contribution in [-0.2, 0) is 24.8 Å². The van der Waals surface area contributed by atoms with E-state index in [1.807, 2.05) is 17.8 Å².